The number of rotatable bonds is 4. The Kier molecular flexibility index (Phi) is 2.23. The predicted octanol–water partition coefficient (Wildman–Crippen LogP) is 3.44. The van der Waals surface area contributed by atoms with Crippen molar-refractivity contribution in [1.29, 1.82) is 0 Å². The lowest BCUT2D eigenvalue weighted by molar-refractivity contribution is -0.119. The van der Waals surface area contributed by atoms with Gasteiger partial charge in [-0.05, 0) is 43.7 Å². The summed E-state index contributed by atoms with van der Waals surface area (Å²) in [5.74, 6) is 0.852. The van der Waals surface area contributed by atoms with E-state index < -0.39 is 0 Å². The molecule has 0 saturated heterocycles. The third-order valence-corrected chi connectivity index (χ3v) is 5.25. The molecule has 0 bridgehead atoms. The molecule has 2 N–H and O–H groups in total. The molecular formula is C17H16FN3O. The number of nitrogens with zero attached hydrogens (tertiary/aromatic N) is 1. The minimum absolute atomic E-state index is 0.0860. The van der Waals surface area contributed by atoms with Crippen molar-refractivity contribution in [1.82, 2.24) is 10.2 Å². The van der Waals surface area contributed by atoms with Crippen LogP contribution >= 0.6 is 0 Å². The van der Waals surface area contributed by atoms with Crippen molar-refractivity contribution in [3.63, 3.8) is 0 Å². The van der Waals surface area contributed by atoms with Crippen LogP contribution in [0.15, 0.2) is 24.3 Å². The van der Waals surface area contributed by atoms with Crippen molar-refractivity contribution < 1.29 is 9.18 Å². The number of H-pyrrole nitrogens is 1. The average molecular weight is 297 g/mol. The van der Waals surface area contributed by atoms with E-state index >= 15 is 0 Å². The summed E-state index contributed by atoms with van der Waals surface area (Å²) in [6.45, 7) is 0. The van der Waals surface area contributed by atoms with E-state index in [-0.39, 0.29) is 17.1 Å². The van der Waals surface area contributed by atoms with Crippen molar-refractivity contribution in [2.24, 2.45) is 11.3 Å². The number of aromatic amines is 1. The smallest absolute Gasteiger partial charge is 0.231 e. The van der Waals surface area contributed by atoms with Gasteiger partial charge in [-0.3, -0.25) is 9.89 Å². The molecule has 112 valence electrons. The van der Waals surface area contributed by atoms with E-state index in [1.54, 1.807) is 6.07 Å². The van der Waals surface area contributed by atoms with Gasteiger partial charge in [-0.25, -0.2) is 4.39 Å². The summed E-state index contributed by atoms with van der Waals surface area (Å²) in [5.41, 5.74) is 2.99. The first kappa shape index (κ1) is 12.4. The summed E-state index contributed by atoms with van der Waals surface area (Å²) in [5, 5.41) is 10.5. The van der Waals surface area contributed by atoms with Gasteiger partial charge in [0.1, 0.15) is 11.5 Å². The molecule has 3 aliphatic rings. The monoisotopic (exact) mass is 297 g/mol. The maximum absolute atomic E-state index is 13.5. The van der Waals surface area contributed by atoms with Crippen molar-refractivity contribution in [3.05, 3.63) is 35.8 Å². The van der Waals surface area contributed by atoms with Crippen molar-refractivity contribution in [3.8, 4) is 11.3 Å². The molecule has 0 radical (unpaired) electrons. The van der Waals surface area contributed by atoms with Crippen LogP contribution in [0.4, 0.5) is 10.1 Å². The third-order valence-electron chi connectivity index (χ3n) is 5.25. The maximum atomic E-state index is 13.5. The Morgan fingerprint density at radius 2 is 2.14 bits per heavy atom. The van der Waals surface area contributed by atoms with Gasteiger partial charge in [0.15, 0.2) is 0 Å². The van der Waals surface area contributed by atoms with E-state index in [0.717, 1.165) is 37.1 Å². The molecule has 1 amide bonds. The van der Waals surface area contributed by atoms with E-state index in [1.165, 1.54) is 12.1 Å². The highest BCUT2D eigenvalue weighted by Crippen LogP contribution is 2.75. The number of fused-ring (bicyclic) bond motifs is 1. The molecule has 4 nitrogen and oxygen atoms in total. The van der Waals surface area contributed by atoms with Crippen LogP contribution < -0.4 is 5.32 Å². The first-order chi connectivity index (χ1) is 10.7. The molecule has 0 spiro atoms. The number of halogens is 1. The topological polar surface area (TPSA) is 57.8 Å². The fourth-order valence-corrected chi connectivity index (χ4v) is 3.30. The standard InChI is InChI=1S/C17H16FN3O/c18-12-3-1-2-10(6-12)14-15(13(20-21-14)9-4-5-9)19-16(22)17-7-11(17)8-17/h1-3,6,9,11H,4-5,7-8H2,(H,19,22)(H,20,21). The lowest BCUT2D eigenvalue weighted by atomic mass is 10.1. The van der Waals surface area contributed by atoms with Crippen molar-refractivity contribution in [2.45, 2.75) is 31.6 Å². The van der Waals surface area contributed by atoms with Crippen LogP contribution in [0, 0.1) is 17.2 Å². The molecule has 1 heterocycles. The maximum Gasteiger partial charge on any atom is 0.231 e. The number of hydrogen-bond donors (Lipinski definition) is 2. The highest BCUT2D eigenvalue weighted by atomic mass is 19.1. The molecule has 3 fully saturated rings. The highest BCUT2D eigenvalue weighted by molar-refractivity contribution is 6.03. The number of anilines is 1. The van der Waals surface area contributed by atoms with Crippen molar-refractivity contribution in [2.75, 3.05) is 5.32 Å². The van der Waals surface area contributed by atoms with Crippen LogP contribution in [0.1, 0.15) is 37.3 Å². The second-order valence-corrected chi connectivity index (χ2v) is 6.86. The summed E-state index contributed by atoms with van der Waals surface area (Å²) in [6, 6.07) is 6.35. The zero-order valence-corrected chi connectivity index (χ0v) is 12.0. The Morgan fingerprint density at radius 1 is 1.36 bits per heavy atom. The number of nitrogens with one attached hydrogen (secondary N) is 2. The third kappa shape index (κ3) is 1.74. The van der Waals surface area contributed by atoms with E-state index in [2.05, 4.69) is 15.5 Å². The molecule has 0 atom stereocenters. The molecule has 22 heavy (non-hydrogen) atoms. The number of amides is 1. The summed E-state index contributed by atoms with van der Waals surface area (Å²) in [7, 11) is 0. The average Bonchev–Trinajstić information content (AvgIpc) is 3.35. The van der Waals surface area contributed by atoms with Crippen LogP contribution in [0.2, 0.25) is 0 Å². The summed E-state index contributed by atoms with van der Waals surface area (Å²) < 4.78 is 13.5. The molecule has 5 heteroatoms. The second-order valence-electron chi connectivity index (χ2n) is 6.86. The van der Waals surface area contributed by atoms with Crippen LogP contribution in [-0.4, -0.2) is 16.1 Å². The van der Waals surface area contributed by atoms with Crippen LogP contribution in [0.25, 0.3) is 11.3 Å². The molecule has 1 aromatic carbocycles. The van der Waals surface area contributed by atoms with Gasteiger partial charge < -0.3 is 5.32 Å². The molecule has 1 aromatic heterocycles. The Balaban J connectivity index is 1.54. The first-order valence-corrected chi connectivity index (χ1v) is 7.83. The van der Waals surface area contributed by atoms with Gasteiger partial charge in [-0.1, -0.05) is 12.1 Å². The largest absolute Gasteiger partial charge is 0.322 e. The number of carbonyl (C=O) groups excluding carboxylic acids is 1. The number of aromatic nitrogens is 2. The Bertz CT molecular complexity index is 787. The SMILES string of the molecule is O=C(Nc1c(-c2cccc(F)c2)n[nH]c1C1CC1)C12CC1C2. The van der Waals surface area contributed by atoms with Gasteiger partial charge in [0.2, 0.25) is 5.91 Å². The summed E-state index contributed by atoms with van der Waals surface area (Å²) in [6.07, 6.45) is 4.26. The Hall–Kier alpha value is -2.17. The normalized spacial score (nSPS) is 28.1. The lowest BCUT2D eigenvalue weighted by Gasteiger charge is -2.10. The lowest BCUT2D eigenvalue weighted by Crippen LogP contribution is -2.19. The van der Waals surface area contributed by atoms with Gasteiger partial charge in [0.05, 0.1) is 16.8 Å². The van der Waals surface area contributed by atoms with Crippen molar-refractivity contribution >= 4 is 11.6 Å². The number of carbonyl (C=O) groups is 1. The molecule has 0 unspecified atom stereocenters. The summed E-state index contributed by atoms with van der Waals surface area (Å²) >= 11 is 0. The Morgan fingerprint density at radius 3 is 2.77 bits per heavy atom. The van der Waals surface area contributed by atoms with Crippen LogP contribution in [0.3, 0.4) is 0 Å². The minimum atomic E-state index is -0.297. The molecule has 3 aliphatic carbocycles. The van der Waals surface area contributed by atoms with E-state index in [1.807, 2.05) is 6.07 Å². The molecule has 2 aromatic rings. The number of benzene rings is 1. The quantitative estimate of drug-likeness (QED) is 0.908. The fourth-order valence-electron chi connectivity index (χ4n) is 3.30. The fraction of sp³-hybridized carbons (Fsp3) is 0.412. The highest BCUT2D eigenvalue weighted by Gasteiger charge is 2.74. The predicted molar refractivity (Wildman–Crippen MR) is 79.7 cm³/mol. The van der Waals surface area contributed by atoms with Gasteiger partial charge >= 0.3 is 0 Å². The van der Waals surface area contributed by atoms with Gasteiger partial charge in [0.25, 0.3) is 0 Å². The van der Waals surface area contributed by atoms with Crippen LogP contribution in [-0.2, 0) is 4.79 Å². The van der Waals surface area contributed by atoms with Gasteiger partial charge in [0, 0.05) is 11.5 Å². The van der Waals surface area contributed by atoms with Crippen LogP contribution in [0.5, 0.6) is 0 Å². The van der Waals surface area contributed by atoms with E-state index in [0.29, 0.717) is 23.1 Å². The molecule has 0 aliphatic heterocycles. The molecule has 3 saturated carbocycles. The number of hydrogen-bond acceptors (Lipinski definition) is 2. The second kappa shape index (κ2) is 3.97. The van der Waals surface area contributed by atoms with E-state index in [4.69, 9.17) is 0 Å². The van der Waals surface area contributed by atoms with E-state index in [9.17, 15) is 9.18 Å². The molecule has 5 rings (SSSR count). The zero-order valence-electron chi connectivity index (χ0n) is 12.0. The Labute approximate surface area is 127 Å². The molecular weight excluding hydrogens is 281 g/mol. The van der Waals surface area contributed by atoms with Gasteiger partial charge in [-0.2, -0.15) is 5.10 Å². The first-order valence-electron chi connectivity index (χ1n) is 7.83. The summed E-state index contributed by atoms with van der Waals surface area (Å²) in [4.78, 5) is 12.5. The van der Waals surface area contributed by atoms with Gasteiger partial charge in [-0.15, -0.1) is 0 Å². The minimum Gasteiger partial charge on any atom is -0.322 e. The zero-order chi connectivity index (χ0) is 14.9.